The van der Waals surface area contributed by atoms with Crippen LogP contribution >= 0.6 is 11.8 Å². The first-order valence-corrected chi connectivity index (χ1v) is 10.9. The lowest BCUT2D eigenvalue weighted by Crippen LogP contribution is -2.31. The standard InChI is InChI=1S/C22H25N3O4S/c1-14(2)20(15-4-6-17-19(12-15)28-11-10-27-17)24-21(26)18-7-5-16(29-18)13-30-22-23-8-9-25(22)3/h4-9,12,14,20H,10-11,13H2,1-3H3,(H,24,26)/t20-/m1/s1. The summed E-state index contributed by atoms with van der Waals surface area (Å²) >= 11 is 1.56. The van der Waals surface area contributed by atoms with Gasteiger partial charge >= 0.3 is 0 Å². The second-order valence-electron chi connectivity index (χ2n) is 7.47. The molecule has 0 unspecified atom stereocenters. The van der Waals surface area contributed by atoms with E-state index in [0.29, 0.717) is 30.5 Å². The van der Waals surface area contributed by atoms with Gasteiger partial charge in [0.15, 0.2) is 22.4 Å². The van der Waals surface area contributed by atoms with Gasteiger partial charge < -0.3 is 23.8 Å². The Labute approximate surface area is 179 Å². The monoisotopic (exact) mass is 427 g/mol. The van der Waals surface area contributed by atoms with E-state index >= 15 is 0 Å². The van der Waals surface area contributed by atoms with Crippen molar-refractivity contribution < 1.29 is 18.7 Å². The van der Waals surface area contributed by atoms with Crippen molar-refractivity contribution in [3.8, 4) is 11.5 Å². The number of hydrogen-bond acceptors (Lipinski definition) is 6. The first kappa shape index (κ1) is 20.4. The third kappa shape index (κ3) is 4.48. The Morgan fingerprint density at radius 2 is 2.00 bits per heavy atom. The van der Waals surface area contributed by atoms with Crippen molar-refractivity contribution in [2.75, 3.05) is 13.2 Å². The van der Waals surface area contributed by atoms with Crippen LogP contribution in [0.4, 0.5) is 0 Å². The molecule has 1 aliphatic rings. The summed E-state index contributed by atoms with van der Waals surface area (Å²) in [4.78, 5) is 17.1. The predicted molar refractivity (Wildman–Crippen MR) is 114 cm³/mol. The SMILES string of the molecule is CC(C)[C@@H](NC(=O)c1ccc(CSc2nccn2C)o1)c1ccc2c(c1)OCCO2. The van der Waals surface area contributed by atoms with Gasteiger partial charge in [-0.1, -0.05) is 31.7 Å². The smallest absolute Gasteiger partial charge is 0.287 e. The number of carbonyl (C=O) groups excluding carboxylic acids is 1. The fourth-order valence-electron chi connectivity index (χ4n) is 3.30. The molecule has 1 aromatic carbocycles. The van der Waals surface area contributed by atoms with Gasteiger partial charge in [0.05, 0.1) is 11.8 Å². The molecular weight excluding hydrogens is 402 g/mol. The second kappa shape index (κ2) is 8.87. The van der Waals surface area contributed by atoms with Crippen LogP contribution in [0.15, 0.2) is 52.3 Å². The van der Waals surface area contributed by atoms with E-state index in [2.05, 4.69) is 24.1 Å². The molecule has 1 atom stereocenters. The van der Waals surface area contributed by atoms with E-state index < -0.39 is 0 Å². The molecule has 8 heteroatoms. The minimum absolute atomic E-state index is 0.177. The molecule has 0 fully saturated rings. The van der Waals surface area contributed by atoms with Crippen molar-refractivity contribution in [2.45, 2.75) is 30.8 Å². The Bertz CT molecular complexity index is 1030. The number of rotatable bonds is 7. The molecule has 158 valence electrons. The zero-order valence-corrected chi connectivity index (χ0v) is 18.1. The molecule has 1 N–H and O–H groups in total. The molecule has 3 heterocycles. The van der Waals surface area contributed by atoms with Gasteiger partial charge in [0.25, 0.3) is 5.91 Å². The Kier molecular flexibility index (Phi) is 6.03. The summed E-state index contributed by atoms with van der Waals surface area (Å²) in [6, 6.07) is 9.17. The fourth-order valence-corrected chi connectivity index (χ4v) is 4.13. The Hall–Kier alpha value is -2.87. The highest BCUT2D eigenvalue weighted by Crippen LogP contribution is 2.34. The number of hydrogen-bond donors (Lipinski definition) is 1. The first-order valence-electron chi connectivity index (χ1n) is 9.90. The Morgan fingerprint density at radius 1 is 1.20 bits per heavy atom. The number of aryl methyl sites for hydroxylation is 1. The molecule has 0 spiro atoms. The average Bonchev–Trinajstić information content (AvgIpc) is 3.38. The van der Waals surface area contributed by atoms with Crippen LogP contribution in [0.2, 0.25) is 0 Å². The molecular formula is C22H25N3O4S. The number of ether oxygens (including phenoxy) is 2. The summed E-state index contributed by atoms with van der Waals surface area (Å²) in [5.74, 6) is 3.03. The zero-order chi connectivity index (χ0) is 21.1. The van der Waals surface area contributed by atoms with Crippen LogP contribution in [0, 0.1) is 5.92 Å². The van der Waals surface area contributed by atoms with E-state index in [0.717, 1.165) is 22.2 Å². The van der Waals surface area contributed by atoms with Crippen molar-refractivity contribution in [3.63, 3.8) is 0 Å². The van der Waals surface area contributed by atoms with Gasteiger partial charge in [-0.15, -0.1) is 0 Å². The fraction of sp³-hybridized carbons (Fsp3) is 0.364. The van der Waals surface area contributed by atoms with Crippen LogP contribution in [0.5, 0.6) is 11.5 Å². The average molecular weight is 428 g/mol. The van der Waals surface area contributed by atoms with Crippen LogP contribution in [-0.4, -0.2) is 28.7 Å². The van der Waals surface area contributed by atoms with Gasteiger partial charge in [-0.3, -0.25) is 4.79 Å². The van der Waals surface area contributed by atoms with Crippen LogP contribution in [0.1, 0.15) is 41.8 Å². The molecule has 0 bridgehead atoms. The number of aromatic nitrogens is 2. The van der Waals surface area contributed by atoms with E-state index in [9.17, 15) is 4.79 Å². The van der Waals surface area contributed by atoms with Crippen molar-refractivity contribution >= 4 is 17.7 Å². The van der Waals surface area contributed by atoms with Crippen molar-refractivity contribution in [3.05, 3.63) is 59.8 Å². The van der Waals surface area contributed by atoms with Crippen LogP contribution < -0.4 is 14.8 Å². The normalized spacial score (nSPS) is 14.0. The largest absolute Gasteiger partial charge is 0.486 e. The minimum Gasteiger partial charge on any atom is -0.486 e. The van der Waals surface area contributed by atoms with Gasteiger partial charge in [-0.25, -0.2) is 4.98 Å². The van der Waals surface area contributed by atoms with Gasteiger partial charge in [-0.05, 0) is 35.7 Å². The van der Waals surface area contributed by atoms with Gasteiger partial charge in [0.2, 0.25) is 0 Å². The van der Waals surface area contributed by atoms with Gasteiger partial charge in [-0.2, -0.15) is 0 Å². The van der Waals surface area contributed by atoms with Crippen molar-refractivity contribution in [1.29, 1.82) is 0 Å². The summed E-state index contributed by atoms with van der Waals surface area (Å²) in [5, 5.41) is 3.99. The molecule has 0 aliphatic carbocycles. The first-order chi connectivity index (χ1) is 14.5. The second-order valence-corrected chi connectivity index (χ2v) is 8.42. The molecule has 0 saturated carbocycles. The van der Waals surface area contributed by atoms with E-state index in [4.69, 9.17) is 13.9 Å². The lowest BCUT2D eigenvalue weighted by molar-refractivity contribution is 0.0895. The molecule has 2 aromatic heterocycles. The zero-order valence-electron chi connectivity index (χ0n) is 17.3. The molecule has 1 amide bonds. The van der Waals surface area contributed by atoms with Crippen LogP contribution in [0.3, 0.4) is 0 Å². The number of benzene rings is 1. The molecule has 1 aliphatic heterocycles. The maximum atomic E-state index is 12.8. The minimum atomic E-state index is -0.239. The lowest BCUT2D eigenvalue weighted by Gasteiger charge is -2.25. The van der Waals surface area contributed by atoms with E-state index in [1.54, 1.807) is 24.0 Å². The summed E-state index contributed by atoms with van der Waals surface area (Å²) < 4.78 is 19.0. The number of imidazole rings is 1. The van der Waals surface area contributed by atoms with Gasteiger partial charge in [0.1, 0.15) is 19.0 Å². The van der Waals surface area contributed by atoms with E-state index in [1.165, 1.54) is 0 Å². The van der Waals surface area contributed by atoms with E-state index in [-0.39, 0.29) is 17.9 Å². The number of carbonyl (C=O) groups is 1. The van der Waals surface area contributed by atoms with Crippen molar-refractivity contribution in [1.82, 2.24) is 14.9 Å². The highest BCUT2D eigenvalue weighted by Gasteiger charge is 2.23. The highest BCUT2D eigenvalue weighted by atomic mass is 32.2. The lowest BCUT2D eigenvalue weighted by atomic mass is 9.95. The maximum Gasteiger partial charge on any atom is 0.287 e. The quantitative estimate of drug-likeness (QED) is 0.569. The molecule has 3 aromatic rings. The van der Waals surface area contributed by atoms with E-state index in [1.807, 2.05) is 42.1 Å². The maximum absolute atomic E-state index is 12.8. The predicted octanol–water partition coefficient (Wildman–Crippen LogP) is 4.20. The molecule has 0 saturated heterocycles. The van der Waals surface area contributed by atoms with Gasteiger partial charge in [0, 0.05) is 19.4 Å². The summed E-state index contributed by atoms with van der Waals surface area (Å²) in [6.45, 7) is 5.22. The summed E-state index contributed by atoms with van der Waals surface area (Å²) in [5.41, 5.74) is 0.972. The Balaban J connectivity index is 1.43. The molecule has 0 radical (unpaired) electrons. The molecule has 30 heavy (non-hydrogen) atoms. The van der Waals surface area contributed by atoms with Crippen LogP contribution in [0.25, 0.3) is 0 Å². The summed E-state index contributed by atoms with van der Waals surface area (Å²) in [6.07, 6.45) is 3.65. The number of amides is 1. The number of nitrogens with zero attached hydrogens (tertiary/aromatic N) is 2. The number of nitrogens with one attached hydrogen (secondary N) is 1. The molecule has 4 rings (SSSR count). The number of fused-ring (bicyclic) bond motifs is 1. The Morgan fingerprint density at radius 3 is 2.73 bits per heavy atom. The topological polar surface area (TPSA) is 78.5 Å². The third-order valence-electron chi connectivity index (χ3n) is 4.88. The van der Waals surface area contributed by atoms with Crippen LogP contribution in [-0.2, 0) is 12.8 Å². The molecule has 7 nitrogen and oxygen atoms in total. The highest BCUT2D eigenvalue weighted by molar-refractivity contribution is 7.98. The summed E-state index contributed by atoms with van der Waals surface area (Å²) in [7, 11) is 1.94. The third-order valence-corrected chi connectivity index (χ3v) is 5.97. The number of furan rings is 1. The number of thioether (sulfide) groups is 1. The van der Waals surface area contributed by atoms with Crippen molar-refractivity contribution in [2.24, 2.45) is 13.0 Å².